The molecule has 2 aliphatic rings. The molecule has 0 saturated carbocycles. The molecule has 41 heavy (non-hydrogen) atoms. The van der Waals surface area contributed by atoms with Gasteiger partial charge in [0, 0.05) is 31.0 Å². The van der Waals surface area contributed by atoms with Crippen molar-refractivity contribution in [2.24, 2.45) is 5.92 Å². The summed E-state index contributed by atoms with van der Waals surface area (Å²) in [6.07, 6.45) is -1.22. The zero-order valence-corrected chi connectivity index (χ0v) is 23.7. The molecule has 3 aromatic rings. The molecule has 18 heteroatoms. The van der Waals surface area contributed by atoms with E-state index in [9.17, 15) is 28.4 Å². The lowest BCUT2D eigenvalue weighted by atomic mass is 10.0. The van der Waals surface area contributed by atoms with Gasteiger partial charge in [0.05, 0.1) is 25.9 Å². The van der Waals surface area contributed by atoms with Crippen LogP contribution in [0, 0.1) is 5.92 Å². The largest absolute Gasteiger partial charge is 0.486 e. The Morgan fingerprint density at radius 3 is 2.83 bits per heavy atom. The molecule has 0 bridgehead atoms. The van der Waals surface area contributed by atoms with Crippen molar-refractivity contribution in [3.63, 3.8) is 0 Å². The molecule has 222 valence electrons. The number of aromatic nitrogens is 3. The van der Waals surface area contributed by atoms with Gasteiger partial charge in [-0.15, -0.1) is 0 Å². The number of benzene rings is 1. The summed E-state index contributed by atoms with van der Waals surface area (Å²) in [7, 11) is -9.58. The van der Waals surface area contributed by atoms with Crippen molar-refractivity contribution >= 4 is 32.6 Å². The number of rotatable bonds is 9. The van der Waals surface area contributed by atoms with Gasteiger partial charge in [-0.05, 0) is 24.5 Å². The first kappa shape index (κ1) is 29.5. The number of carbonyl (C=O) groups is 1. The van der Waals surface area contributed by atoms with Gasteiger partial charge in [0.2, 0.25) is 6.29 Å². The molecule has 2 aromatic heterocycles. The Bertz CT molecular complexity index is 1650. The normalized spacial score (nSPS) is 28.0. The van der Waals surface area contributed by atoms with Crippen LogP contribution in [0.4, 0.5) is 0 Å². The van der Waals surface area contributed by atoms with E-state index in [1.54, 1.807) is 31.2 Å². The monoisotopic (exact) mass is 615 g/mol. The van der Waals surface area contributed by atoms with Crippen LogP contribution in [0.3, 0.4) is 0 Å². The standard InChI is InChI=1S/C23H27N3O13P2/c1-14-11-21(25-9-7-20(28)26(23(25)29)12-17-16-5-3-4-6-18(16)37-24-17)36-19(14)13-34-40(30,31)39-41(32)33-10-8-22(38-41)35-15(2)27/h3-7,9,14,19,21-22H,8,10-13H2,1-2H3,(H,30,31)/t14-,19?,21-,22?,41?/m1/s1. The molecule has 0 spiro atoms. The molecule has 0 radical (unpaired) electrons. The van der Waals surface area contributed by atoms with Gasteiger partial charge >= 0.3 is 27.3 Å². The Morgan fingerprint density at radius 2 is 2.05 bits per heavy atom. The van der Waals surface area contributed by atoms with Gasteiger partial charge in [-0.3, -0.25) is 27.8 Å². The summed E-state index contributed by atoms with van der Waals surface area (Å²) in [5.41, 5.74) is -0.261. The van der Waals surface area contributed by atoms with Crippen LogP contribution in [-0.2, 0) is 47.8 Å². The van der Waals surface area contributed by atoms with Gasteiger partial charge in [-0.1, -0.05) is 24.2 Å². The predicted molar refractivity (Wildman–Crippen MR) is 137 cm³/mol. The summed E-state index contributed by atoms with van der Waals surface area (Å²) in [5, 5.41) is 4.65. The highest BCUT2D eigenvalue weighted by atomic mass is 31.3. The Kier molecular flexibility index (Phi) is 8.46. The number of hydrogen-bond acceptors (Lipinski definition) is 13. The summed E-state index contributed by atoms with van der Waals surface area (Å²) in [4.78, 5) is 47.1. The van der Waals surface area contributed by atoms with Gasteiger partial charge < -0.3 is 18.9 Å². The molecule has 6 atom stereocenters. The third-order valence-electron chi connectivity index (χ3n) is 6.46. The first-order valence-electron chi connectivity index (χ1n) is 12.5. The second-order valence-electron chi connectivity index (χ2n) is 9.46. The van der Waals surface area contributed by atoms with Crippen LogP contribution >= 0.6 is 15.6 Å². The third-order valence-corrected chi connectivity index (χ3v) is 9.55. The van der Waals surface area contributed by atoms with E-state index in [4.69, 9.17) is 27.6 Å². The lowest BCUT2D eigenvalue weighted by Crippen LogP contribution is -2.40. The van der Waals surface area contributed by atoms with E-state index in [0.717, 1.165) is 11.5 Å². The fourth-order valence-corrected chi connectivity index (χ4v) is 7.16. The van der Waals surface area contributed by atoms with Crippen LogP contribution in [0.1, 0.15) is 38.6 Å². The van der Waals surface area contributed by atoms with Crippen molar-refractivity contribution < 1.29 is 50.7 Å². The smallest absolute Gasteiger partial charge is 0.435 e. The van der Waals surface area contributed by atoms with E-state index in [1.807, 2.05) is 0 Å². The fraction of sp³-hybridized carbons (Fsp3) is 0.478. The number of esters is 1. The molecule has 4 unspecified atom stereocenters. The Morgan fingerprint density at radius 1 is 1.27 bits per heavy atom. The lowest BCUT2D eigenvalue weighted by Gasteiger charge is -2.28. The molecule has 2 aliphatic heterocycles. The topological polar surface area (TPSA) is 197 Å². The van der Waals surface area contributed by atoms with Crippen LogP contribution in [-0.4, -0.2) is 50.8 Å². The highest BCUT2D eigenvalue weighted by Crippen LogP contribution is 2.65. The summed E-state index contributed by atoms with van der Waals surface area (Å²) in [6, 6.07) is 8.28. The summed E-state index contributed by atoms with van der Waals surface area (Å²) in [6.45, 7) is 2.07. The van der Waals surface area contributed by atoms with Crippen molar-refractivity contribution in [2.75, 3.05) is 13.2 Å². The van der Waals surface area contributed by atoms with Gasteiger partial charge in [0.1, 0.15) is 11.9 Å². The highest BCUT2D eigenvalue weighted by molar-refractivity contribution is 7.61. The van der Waals surface area contributed by atoms with E-state index in [0.29, 0.717) is 23.1 Å². The Hall–Kier alpha value is -2.94. The number of fused-ring (bicyclic) bond motifs is 1. The average Bonchev–Trinajstić information content (AvgIpc) is 3.47. The van der Waals surface area contributed by atoms with Crippen LogP contribution < -0.4 is 11.2 Å². The minimum Gasteiger partial charge on any atom is -0.435 e. The summed E-state index contributed by atoms with van der Waals surface area (Å²) >= 11 is 0. The van der Waals surface area contributed by atoms with Crippen LogP contribution in [0.25, 0.3) is 11.0 Å². The maximum Gasteiger partial charge on any atom is 0.486 e. The number of nitrogens with zero attached hydrogens (tertiary/aromatic N) is 3. The van der Waals surface area contributed by atoms with Gasteiger partial charge in [-0.25, -0.2) is 18.4 Å². The third kappa shape index (κ3) is 6.76. The SMILES string of the molecule is CC(=O)OC1CCOP(=O)(OP(=O)(O)OCC2O[C@@H](n3ccc(=O)n(Cc4noc5ccccc45)c3=O)C[C@H]2C)O1. The molecular weight excluding hydrogens is 588 g/mol. The lowest BCUT2D eigenvalue weighted by molar-refractivity contribution is -0.169. The van der Waals surface area contributed by atoms with Crippen molar-refractivity contribution in [3.8, 4) is 0 Å². The van der Waals surface area contributed by atoms with Crippen LogP contribution in [0.2, 0.25) is 0 Å². The van der Waals surface area contributed by atoms with Crippen molar-refractivity contribution in [1.82, 2.24) is 14.3 Å². The molecular formula is C23H27N3O13P2. The highest BCUT2D eigenvalue weighted by Gasteiger charge is 2.45. The molecule has 1 aromatic carbocycles. The summed E-state index contributed by atoms with van der Waals surface area (Å²) < 4.78 is 62.9. The number of carbonyl (C=O) groups excluding carboxylic acids is 1. The first-order chi connectivity index (χ1) is 19.4. The van der Waals surface area contributed by atoms with Gasteiger partial charge in [0.25, 0.3) is 5.56 Å². The molecule has 5 rings (SSSR count). The van der Waals surface area contributed by atoms with Crippen LogP contribution in [0.15, 0.2) is 50.6 Å². The number of phosphoric ester groups is 2. The molecule has 1 N–H and O–H groups in total. The Balaban J connectivity index is 1.24. The average molecular weight is 615 g/mol. The number of hydrogen-bond donors (Lipinski definition) is 1. The van der Waals surface area contributed by atoms with Gasteiger partial charge in [-0.2, -0.15) is 4.31 Å². The van der Waals surface area contributed by atoms with E-state index < -0.39 is 58.1 Å². The minimum atomic E-state index is -5.00. The maximum atomic E-state index is 13.3. The van der Waals surface area contributed by atoms with E-state index >= 15 is 0 Å². The zero-order chi connectivity index (χ0) is 29.4. The molecule has 4 heterocycles. The van der Waals surface area contributed by atoms with Crippen LogP contribution in [0.5, 0.6) is 0 Å². The molecule has 2 saturated heterocycles. The second kappa shape index (κ2) is 11.7. The van der Waals surface area contributed by atoms with Crippen molar-refractivity contribution in [1.29, 1.82) is 0 Å². The molecule has 0 aliphatic carbocycles. The minimum absolute atomic E-state index is 0.0419. The Labute approximate surface area is 231 Å². The zero-order valence-electron chi connectivity index (χ0n) is 21.9. The van der Waals surface area contributed by atoms with E-state index in [2.05, 4.69) is 9.47 Å². The van der Waals surface area contributed by atoms with Crippen molar-refractivity contribution in [3.05, 3.63) is 63.1 Å². The van der Waals surface area contributed by atoms with Crippen molar-refractivity contribution in [2.45, 2.75) is 51.9 Å². The first-order valence-corrected chi connectivity index (χ1v) is 15.5. The quantitative estimate of drug-likeness (QED) is 0.272. The molecule has 2 fully saturated rings. The fourth-order valence-electron chi connectivity index (χ4n) is 4.46. The van der Waals surface area contributed by atoms with Gasteiger partial charge in [0.15, 0.2) is 5.58 Å². The predicted octanol–water partition coefficient (Wildman–Crippen LogP) is 2.69. The molecule has 16 nitrogen and oxygen atoms in total. The maximum absolute atomic E-state index is 13.3. The number of phosphoric acid groups is 2. The number of para-hydroxylation sites is 1. The summed E-state index contributed by atoms with van der Waals surface area (Å²) in [5.74, 6) is -0.978. The van der Waals surface area contributed by atoms with E-state index in [1.165, 1.54) is 16.8 Å². The second-order valence-corrected chi connectivity index (χ2v) is 12.7. The molecule has 0 amide bonds. The number of ether oxygens (including phenoxy) is 2. The van der Waals surface area contributed by atoms with E-state index in [-0.39, 0.29) is 25.5 Å².